The van der Waals surface area contributed by atoms with Gasteiger partial charge in [-0.25, -0.2) is 4.79 Å². The zero-order chi connectivity index (χ0) is 16.1. The molecule has 0 saturated heterocycles. The van der Waals surface area contributed by atoms with Crippen molar-refractivity contribution < 1.29 is 9.53 Å². The predicted molar refractivity (Wildman–Crippen MR) is 90.3 cm³/mol. The monoisotopic (exact) mass is 338 g/mol. The summed E-state index contributed by atoms with van der Waals surface area (Å²) in [5.74, 6) is 1.21. The molecule has 0 aliphatic carbocycles. The van der Waals surface area contributed by atoms with Crippen LogP contribution in [0, 0.1) is 0 Å². The van der Waals surface area contributed by atoms with Crippen LogP contribution in [0.25, 0.3) is 0 Å². The summed E-state index contributed by atoms with van der Waals surface area (Å²) in [4.78, 5) is 14.9. The van der Waals surface area contributed by atoms with E-state index in [0.29, 0.717) is 22.2 Å². The number of para-hydroxylation sites is 1. The van der Waals surface area contributed by atoms with Crippen LogP contribution in [0.3, 0.4) is 0 Å². The summed E-state index contributed by atoms with van der Waals surface area (Å²) in [7, 11) is 3.35. The molecular formula is C16H16Cl2N2O2. The summed E-state index contributed by atoms with van der Waals surface area (Å²) in [6.45, 7) is 0. The maximum atomic E-state index is 12.0. The van der Waals surface area contributed by atoms with Crippen LogP contribution >= 0.6 is 23.2 Å². The number of hydrogen-bond donors (Lipinski definition) is 0. The number of halogens is 2. The SMILES string of the molecule is CN(C)C(=O)N(CCl)c1ccc(Oc2ccccc2Cl)cc1. The molecule has 0 bridgehead atoms. The van der Waals surface area contributed by atoms with Crippen molar-refractivity contribution >= 4 is 34.9 Å². The van der Waals surface area contributed by atoms with Gasteiger partial charge < -0.3 is 9.64 Å². The van der Waals surface area contributed by atoms with E-state index in [1.54, 1.807) is 50.5 Å². The number of anilines is 1. The summed E-state index contributed by atoms with van der Waals surface area (Å²) in [5, 5.41) is 0.539. The zero-order valence-corrected chi connectivity index (χ0v) is 13.8. The van der Waals surface area contributed by atoms with E-state index in [4.69, 9.17) is 27.9 Å². The minimum atomic E-state index is -0.185. The molecule has 2 aromatic rings. The molecule has 2 amide bonds. The molecule has 0 unspecified atom stereocenters. The van der Waals surface area contributed by atoms with E-state index >= 15 is 0 Å². The average molecular weight is 339 g/mol. The standard InChI is InChI=1S/C16H16Cl2N2O2/c1-19(2)16(21)20(11-17)12-7-9-13(10-8-12)22-15-6-4-3-5-14(15)18/h3-10H,11H2,1-2H3. The minimum absolute atomic E-state index is 0.0712. The van der Waals surface area contributed by atoms with Crippen molar-refractivity contribution in [3.8, 4) is 11.5 Å². The fourth-order valence-corrected chi connectivity index (χ4v) is 2.24. The highest BCUT2D eigenvalue weighted by Crippen LogP contribution is 2.30. The molecular weight excluding hydrogens is 323 g/mol. The van der Waals surface area contributed by atoms with E-state index in [-0.39, 0.29) is 12.0 Å². The molecule has 0 radical (unpaired) electrons. The van der Waals surface area contributed by atoms with Crippen LogP contribution < -0.4 is 9.64 Å². The highest BCUT2D eigenvalue weighted by molar-refractivity contribution is 6.32. The van der Waals surface area contributed by atoms with Gasteiger partial charge >= 0.3 is 6.03 Å². The number of urea groups is 1. The Hall–Kier alpha value is -1.91. The van der Waals surface area contributed by atoms with Crippen LogP contribution in [0.4, 0.5) is 10.5 Å². The first-order valence-corrected chi connectivity index (χ1v) is 7.51. The second-order valence-electron chi connectivity index (χ2n) is 4.75. The lowest BCUT2D eigenvalue weighted by molar-refractivity contribution is 0.225. The largest absolute Gasteiger partial charge is 0.456 e. The number of benzene rings is 2. The molecule has 22 heavy (non-hydrogen) atoms. The Bertz CT molecular complexity index is 645. The van der Waals surface area contributed by atoms with Gasteiger partial charge in [0.25, 0.3) is 0 Å². The highest BCUT2D eigenvalue weighted by Gasteiger charge is 2.16. The van der Waals surface area contributed by atoms with Crippen molar-refractivity contribution in [3.05, 3.63) is 53.6 Å². The number of carbonyl (C=O) groups excluding carboxylic acids is 1. The average Bonchev–Trinajstić information content (AvgIpc) is 2.51. The Balaban J connectivity index is 2.16. The molecule has 0 aliphatic rings. The number of hydrogen-bond acceptors (Lipinski definition) is 2. The minimum Gasteiger partial charge on any atom is -0.456 e. The van der Waals surface area contributed by atoms with Crippen molar-refractivity contribution in [1.82, 2.24) is 4.90 Å². The predicted octanol–water partition coefficient (Wildman–Crippen LogP) is 4.82. The van der Waals surface area contributed by atoms with Gasteiger partial charge in [0.2, 0.25) is 0 Å². The number of carbonyl (C=O) groups is 1. The van der Waals surface area contributed by atoms with Crippen LogP contribution in [0.15, 0.2) is 48.5 Å². The molecule has 0 heterocycles. The normalized spacial score (nSPS) is 10.2. The van der Waals surface area contributed by atoms with Gasteiger partial charge in [-0.1, -0.05) is 23.7 Å². The van der Waals surface area contributed by atoms with Gasteiger partial charge in [0.05, 0.1) is 5.02 Å². The van der Waals surface area contributed by atoms with Gasteiger partial charge in [-0.2, -0.15) is 0 Å². The quantitative estimate of drug-likeness (QED) is 0.591. The van der Waals surface area contributed by atoms with Gasteiger partial charge in [-0.15, -0.1) is 11.6 Å². The molecule has 0 aromatic heterocycles. The number of nitrogens with zero attached hydrogens (tertiary/aromatic N) is 2. The van der Waals surface area contributed by atoms with E-state index in [0.717, 1.165) is 0 Å². The second-order valence-corrected chi connectivity index (χ2v) is 5.40. The van der Waals surface area contributed by atoms with Gasteiger partial charge in [0, 0.05) is 19.8 Å². The third-order valence-corrected chi connectivity index (χ3v) is 3.50. The number of ether oxygens (including phenoxy) is 1. The van der Waals surface area contributed by atoms with E-state index in [2.05, 4.69) is 0 Å². The van der Waals surface area contributed by atoms with Crippen molar-refractivity contribution in [1.29, 1.82) is 0 Å². The van der Waals surface area contributed by atoms with Gasteiger partial charge in [-0.05, 0) is 36.4 Å². The number of rotatable bonds is 4. The zero-order valence-electron chi connectivity index (χ0n) is 12.3. The van der Waals surface area contributed by atoms with E-state index in [1.807, 2.05) is 12.1 Å². The van der Waals surface area contributed by atoms with Crippen LogP contribution in [-0.2, 0) is 0 Å². The van der Waals surface area contributed by atoms with Crippen molar-refractivity contribution in [2.45, 2.75) is 0 Å². The first-order valence-electron chi connectivity index (χ1n) is 6.60. The Morgan fingerprint density at radius 3 is 2.27 bits per heavy atom. The summed E-state index contributed by atoms with van der Waals surface area (Å²) in [6.07, 6.45) is 0. The molecule has 2 aromatic carbocycles. The smallest absolute Gasteiger partial charge is 0.325 e. The lowest BCUT2D eigenvalue weighted by atomic mass is 10.3. The molecule has 0 N–H and O–H groups in total. The molecule has 116 valence electrons. The Labute approximate surface area is 139 Å². The molecule has 2 rings (SSSR count). The van der Waals surface area contributed by atoms with E-state index < -0.39 is 0 Å². The van der Waals surface area contributed by atoms with E-state index in [1.165, 1.54) is 9.80 Å². The fraction of sp³-hybridized carbons (Fsp3) is 0.188. The first-order chi connectivity index (χ1) is 10.5. The summed E-state index contributed by atoms with van der Waals surface area (Å²) in [5.41, 5.74) is 0.695. The third kappa shape index (κ3) is 3.84. The van der Waals surface area contributed by atoms with Gasteiger partial charge in [0.1, 0.15) is 17.5 Å². The lowest BCUT2D eigenvalue weighted by Crippen LogP contribution is -2.38. The molecule has 4 nitrogen and oxygen atoms in total. The van der Waals surface area contributed by atoms with Crippen LogP contribution in [0.1, 0.15) is 0 Å². The topological polar surface area (TPSA) is 32.8 Å². The van der Waals surface area contributed by atoms with Crippen LogP contribution in [0.5, 0.6) is 11.5 Å². The third-order valence-electron chi connectivity index (χ3n) is 2.95. The number of alkyl halides is 1. The molecule has 6 heteroatoms. The Kier molecular flexibility index (Phi) is 5.52. The maximum Gasteiger partial charge on any atom is 0.325 e. The fourth-order valence-electron chi connectivity index (χ4n) is 1.82. The Morgan fingerprint density at radius 1 is 1.09 bits per heavy atom. The second kappa shape index (κ2) is 7.38. The summed E-state index contributed by atoms with van der Waals surface area (Å²) >= 11 is 11.9. The van der Waals surface area contributed by atoms with Gasteiger partial charge in [0.15, 0.2) is 0 Å². The van der Waals surface area contributed by atoms with Crippen molar-refractivity contribution in [3.63, 3.8) is 0 Å². The van der Waals surface area contributed by atoms with E-state index in [9.17, 15) is 4.79 Å². The highest BCUT2D eigenvalue weighted by atomic mass is 35.5. The molecule has 0 atom stereocenters. The van der Waals surface area contributed by atoms with Gasteiger partial charge in [-0.3, -0.25) is 4.90 Å². The Morgan fingerprint density at radius 2 is 1.73 bits per heavy atom. The van der Waals surface area contributed by atoms with Crippen molar-refractivity contribution in [2.75, 3.05) is 25.0 Å². The molecule has 0 fully saturated rings. The molecule has 0 aliphatic heterocycles. The van der Waals surface area contributed by atoms with Crippen LogP contribution in [-0.4, -0.2) is 31.0 Å². The van der Waals surface area contributed by atoms with Crippen LogP contribution in [0.2, 0.25) is 5.02 Å². The lowest BCUT2D eigenvalue weighted by Gasteiger charge is -2.24. The molecule has 0 spiro atoms. The van der Waals surface area contributed by atoms with Crippen molar-refractivity contribution in [2.24, 2.45) is 0 Å². The summed E-state index contributed by atoms with van der Waals surface area (Å²) < 4.78 is 5.71. The number of amides is 2. The first kappa shape index (κ1) is 16.5. The molecule has 0 saturated carbocycles. The summed E-state index contributed by atoms with van der Waals surface area (Å²) in [6, 6.07) is 14.2. The maximum absolute atomic E-state index is 12.0.